The van der Waals surface area contributed by atoms with Crippen molar-refractivity contribution in [1.82, 2.24) is 10.3 Å². The van der Waals surface area contributed by atoms with E-state index in [0.29, 0.717) is 6.54 Å². The second-order valence-electron chi connectivity index (χ2n) is 5.35. The van der Waals surface area contributed by atoms with E-state index in [1.807, 2.05) is 7.05 Å². The third-order valence-corrected chi connectivity index (χ3v) is 3.73. The minimum Gasteiger partial charge on any atom is -0.377 e. The fraction of sp³-hybridized carbons (Fsp3) is 0.643. The van der Waals surface area contributed by atoms with Crippen molar-refractivity contribution < 1.29 is 9.13 Å². The largest absolute Gasteiger partial charge is 0.377 e. The highest BCUT2D eigenvalue weighted by Crippen LogP contribution is 2.29. The molecule has 0 aromatic carbocycles. The number of halogens is 1. The summed E-state index contributed by atoms with van der Waals surface area (Å²) in [6, 6.07) is 1.55. The van der Waals surface area contributed by atoms with Gasteiger partial charge in [0.05, 0.1) is 11.8 Å². The minimum atomic E-state index is -0.291. The van der Waals surface area contributed by atoms with E-state index in [2.05, 4.69) is 22.1 Å². The molecule has 1 aromatic rings. The molecule has 1 atom stereocenters. The fourth-order valence-electron chi connectivity index (χ4n) is 2.63. The average Bonchev–Trinajstić information content (AvgIpc) is 2.39. The SMILES string of the molecule is CNCc1cc(F)cnc1N1CCCC(C)(OC)C1. The summed E-state index contributed by atoms with van der Waals surface area (Å²) in [6.07, 6.45) is 3.39. The summed E-state index contributed by atoms with van der Waals surface area (Å²) in [7, 11) is 3.60. The number of nitrogens with zero attached hydrogens (tertiary/aromatic N) is 2. The number of pyridine rings is 1. The smallest absolute Gasteiger partial charge is 0.141 e. The molecule has 1 saturated heterocycles. The lowest BCUT2D eigenvalue weighted by atomic mass is 9.94. The molecule has 0 saturated carbocycles. The molecule has 1 aliphatic rings. The van der Waals surface area contributed by atoms with Crippen LogP contribution in [0.25, 0.3) is 0 Å². The van der Waals surface area contributed by atoms with Crippen LogP contribution in [0.2, 0.25) is 0 Å². The molecule has 0 aliphatic carbocycles. The van der Waals surface area contributed by atoms with Gasteiger partial charge in [-0.15, -0.1) is 0 Å². The molecule has 0 radical (unpaired) electrons. The van der Waals surface area contributed by atoms with Crippen molar-refractivity contribution >= 4 is 5.82 Å². The lowest BCUT2D eigenvalue weighted by Crippen LogP contribution is -2.48. The monoisotopic (exact) mass is 267 g/mol. The van der Waals surface area contributed by atoms with Gasteiger partial charge in [0.1, 0.15) is 11.6 Å². The topological polar surface area (TPSA) is 37.4 Å². The number of hydrogen-bond donors (Lipinski definition) is 1. The zero-order valence-corrected chi connectivity index (χ0v) is 11.9. The van der Waals surface area contributed by atoms with E-state index in [4.69, 9.17) is 4.74 Å². The van der Waals surface area contributed by atoms with Gasteiger partial charge in [0.15, 0.2) is 0 Å². The molecule has 19 heavy (non-hydrogen) atoms. The van der Waals surface area contributed by atoms with E-state index in [9.17, 15) is 4.39 Å². The molecule has 1 aliphatic heterocycles. The summed E-state index contributed by atoms with van der Waals surface area (Å²) in [5.41, 5.74) is 0.744. The molecule has 4 nitrogen and oxygen atoms in total. The van der Waals surface area contributed by atoms with Crippen molar-refractivity contribution in [2.24, 2.45) is 0 Å². The second-order valence-corrected chi connectivity index (χ2v) is 5.35. The van der Waals surface area contributed by atoms with E-state index in [-0.39, 0.29) is 11.4 Å². The lowest BCUT2D eigenvalue weighted by Gasteiger charge is -2.40. The van der Waals surface area contributed by atoms with Gasteiger partial charge in [-0.25, -0.2) is 9.37 Å². The van der Waals surface area contributed by atoms with Crippen LogP contribution in [0.1, 0.15) is 25.3 Å². The lowest BCUT2D eigenvalue weighted by molar-refractivity contribution is -0.00485. The van der Waals surface area contributed by atoms with Crippen LogP contribution in [0.15, 0.2) is 12.3 Å². The maximum absolute atomic E-state index is 13.3. The number of ether oxygens (including phenoxy) is 1. The van der Waals surface area contributed by atoms with Crippen molar-refractivity contribution in [3.63, 3.8) is 0 Å². The van der Waals surface area contributed by atoms with Crippen LogP contribution in [0.4, 0.5) is 10.2 Å². The summed E-state index contributed by atoms with van der Waals surface area (Å²) in [6.45, 7) is 4.45. The first-order chi connectivity index (χ1) is 9.08. The van der Waals surface area contributed by atoms with Gasteiger partial charge in [-0.2, -0.15) is 0 Å². The number of nitrogens with one attached hydrogen (secondary N) is 1. The quantitative estimate of drug-likeness (QED) is 0.904. The molecular formula is C14H22FN3O. The van der Waals surface area contributed by atoms with Crippen molar-refractivity contribution in [1.29, 1.82) is 0 Å². The van der Waals surface area contributed by atoms with E-state index >= 15 is 0 Å². The molecule has 1 aromatic heterocycles. The van der Waals surface area contributed by atoms with Gasteiger partial charge in [0.2, 0.25) is 0 Å². The predicted octanol–water partition coefficient (Wildman–Crippen LogP) is 1.95. The van der Waals surface area contributed by atoms with Gasteiger partial charge in [-0.1, -0.05) is 0 Å². The van der Waals surface area contributed by atoms with Crippen LogP contribution in [0, 0.1) is 5.82 Å². The highest BCUT2D eigenvalue weighted by molar-refractivity contribution is 5.47. The first-order valence-corrected chi connectivity index (χ1v) is 6.67. The predicted molar refractivity (Wildman–Crippen MR) is 73.8 cm³/mol. The molecule has 1 N–H and O–H groups in total. The van der Waals surface area contributed by atoms with E-state index in [1.54, 1.807) is 13.2 Å². The minimum absolute atomic E-state index is 0.148. The number of aromatic nitrogens is 1. The Morgan fingerprint density at radius 3 is 3.05 bits per heavy atom. The maximum atomic E-state index is 13.3. The Bertz CT molecular complexity index is 441. The number of anilines is 1. The van der Waals surface area contributed by atoms with Gasteiger partial charge in [-0.3, -0.25) is 0 Å². The first-order valence-electron chi connectivity index (χ1n) is 6.67. The van der Waals surface area contributed by atoms with Gasteiger partial charge in [-0.05, 0) is 32.9 Å². The van der Waals surface area contributed by atoms with Gasteiger partial charge < -0.3 is 15.0 Å². The standard InChI is InChI=1S/C14H22FN3O/c1-14(19-3)5-4-6-18(10-14)13-11(8-16-2)7-12(15)9-17-13/h7,9,16H,4-6,8,10H2,1-3H3. The Hall–Kier alpha value is -1.20. The Morgan fingerprint density at radius 2 is 2.37 bits per heavy atom. The third kappa shape index (κ3) is 3.22. The highest BCUT2D eigenvalue weighted by atomic mass is 19.1. The van der Waals surface area contributed by atoms with Crippen LogP contribution in [-0.2, 0) is 11.3 Å². The molecule has 2 rings (SSSR count). The summed E-state index contributed by atoms with van der Waals surface area (Å²) in [5, 5.41) is 3.06. The number of rotatable bonds is 4. The Kier molecular flexibility index (Phi) is 4.37. The molecular weight excluding hydrogens is 245 g/mol. The van der Waals surface area contributed by atoms with Crippen molar-refractivity contribution in [2.75, 3.05) is 32.1 Å². The summed E-state index contributed by atoms with van der Waals surface area (Å²) in [5.74, 6) is 0.569. The first kappa shape index (κ1) is 14.2. The van der Waals surface area contributed by atoms with E-state index < -0.39 is 0 Å². The maximum Gasteiger partial charge on any atom is 0.141 e. The third-order valence-electron chi connectivity index (χ3n) is 3.73. The van der Waals surface area contributed by atoms with Crippen LogP contribution >= 0.6 is 0 Å². The number of piperidine rings is 1. The van der Waals surface area contributed by atoms with Gasteiger partial charge in [0.25, 0.3) is 0 Å². The van der Waals surface area contributed by atoms with Crippen LogP contribution < -0.4 is 10.2 Å². The van der Waals surface area contributed by atoms with Crippen molar-refractivity contribution in [3.8, 4) is 0 Å². The van der Waals surface area contributed by atoms with E-state index in [1.165, 1.54) is 6.20 Å². The number of hydrogen-bond acceptors (Lipinski definition) is 4. The van der Waals surface area contributed by atoms with Crippen LogP contribution in [0.5, 0.6) is 0 Å². The summed E-state index contributed by atoms with van der Waals surface area (Å²) >= 11 is 0. The highest BCUT2D eigenvalue weighted by Gasteiger charge is 2.32. The zero-order chi connectivity index (χ0) is 13.9. The Labute approximate surface area is 114 Å². The summed E-state index contributed by atoms with van der Waals surface area (Å²) in [4.78, 5) is 6.47. The van der Waals surface area contributed by atoms with Crippen molar-refractivity contribution in [3.05, 3.63) is 23.6 Å². The Balaban J connectivity index is 2.25. The normalized spacial score (nSPS) is 23.7. The molecule has 0 spiro atoms. The van der Waals surface area contributed by atoms with Crippen LogP contribution in [-0.4, -0.2) is 37.8 Å². The van der Waals surface area contributed by atoms with Crippen LogP contribution in [0.3, 0.4) is 0 Å². The zero-order valence-electron chi connectivity index (χ0n) is 11.9. The molecule has 0 amide bonds. The molecule has 2 heterocycles. The molecule has 1 unspecified atom stereocenters. The number of methoxy groups -OCH3 is 1. The average molecular weight is 267 g/mol. The fourth-order valence-corrected chi connectivity index (χ4v) is 2.63. The molecule has 1 fully saturated rings. The molecule has 106 valence electrons. The molecule has 5 heteroatoms. The molecule has 0 bridgehead atoms. The van der Waals surface area contributed by atoms with Gasteiger partial charge in [0, 0.05) is 32.3 Å². The summed E-state index contributed by atoms with van der Waals surface area (Å²) < 4.78 is 18.9. The van der Waals surface area contributed by atoms with Gasteiger partial charge >= 0.3 is 0 Å². The Morgan fingerprint density at radius 1 is 1.58 bits per heavy atom. The van der Waals surface area contributed by atoms with E-state index in [0.717, 1.165) is 37.3 Å². The van der Waals surface area contributed by atoms with Crippen molar-refractivity contribution in [2.45, 2.75) is 31.9 Å². The second kappa shape index (κ2) is 5.84.